The minimum absolute atomic E-state index is 0.262. The summed E-state index contributed by atoms with van der Waals surface area (Å²) in [5.41, 5.74) is 6.49. The maximum Gasteiger partial charge on any atom is 0.128 e. The number of rotatable bonds is 2. The first-order valence-electron chi connectivity index (χ1n) is 4.40. The molecule has 0 aliphatic rings. The summed E-state index contributed by atoms with van der Waals surface area (Å²) in [6.45, 7) is 0.262. The molecule has 0 saturated heterocycles. The van der Waals surface area contributed by atoms with Crippen LogP contribution < -0.4 is 5.73 Å². The maximum absolute atomic E-state index is 12.9. The van der Waals surface area contributed by atoms with Crippen LogP contribution in [0.3, 0.4) is 0 Å². The van der Waals surface area contributed by atoms with Gasteiger partial charge >= 0.3 is 0 Å². The van der Waals surface area contributed by atoms with Crippen LogP contribution in [0.4, 0.5) is 8.78 Å². The molecule has 0 aliphatic carbocycles. The van der Waals surface area contributed by atoms with Crippen LogP contribution in [-0.2, 0) is 6.54 Å². The predicted molar refractivity (Wildman–Crippen MR) is 51.4 cm³/mol. The Hall–Kier alpha value is -1.75. The average Bonchev–Trinajstić information content (AvgIpc) is 2.63. The van der Waals surface area contributed by atoms with Crippen molar-refractivity contribution in [3.63, 3.8) is 0 Å². The summed E-state index contributed by atoms with van der Waals surface area (Å²) in [5.74, 6) is -1.27. The molecule has 78 valence electrons. The monoisotopic (exact) mass is 209 g/mol. The molecule has 3 nitrogen and oxygen atoms in total. The highest BCUT2D eigenvalue weighted by Crippen LogP contribution is 2.13. The van der Waals surface area contributed by atoms with Crippen molar-refractivity contribution < 1.29 is 8.78 Å². The minimum Gasteiger partial charge on any atom is -0.325 e. The molecule has 0 saturated carbocycles. The fraction of sp³-hybridized carbons (Fsp3) is 0.100. The number of aromatic nitrogens is 2. The van der Waals surface area contributed by atoms with Crippen molar-refractivity contribution >= 4 is 0 Å². The third kappa shape index (κ3) is 1.87. The van der Waals surface area contributed by atoms with Gasteiger partial charge in [-0.05, 0) is 18.2 Å². The Morgan fingerprint density at radius 1 is 1.20 bits per heavy atom. The largest absolute Gasteiger partial charge is 0.325 e. The van der Waals surface area contributed by atoms with Gasteiger partial charge in [0.25, 0.3) is 0 Å². The highest BCUT2D eigenvalue weighted by molar-refractivity contribution is 5.33. The van der Waals surface area contributed by atoms with Crippen LogP contribution in [-0.4, -0.2) is 9.78 Å². The van der Waals surface area contributed by atoms with E-state index < -0.39 is 11.6 Å². The zero-order chi connectivity index (χ0) is 10.8. The van der Waals surface area contributed by atoms with Gasteiger partial charge in [-0.1, -0.05) is 0 Å². The maximum atomic E-state index is 12.9. The summed E-state index contributed by atoms with van der Waals surface area (Å²) >= 11 is 0. The Morgan fingerprint density at radius 3 is 2.47 bits per heavy atom. The predicted octanol–water partition coefficient (Wildman–Crippen LogP) is 1.61. The minimum atomic E-state index is -0.636. The molecule has 1 aromatic carbocycles. The number of halogens is 2. The van der Waals surface area contributed by atoms with Crippen molar-refractivity contribution in [1.82, 2.24) is 9.78 Å². The molecule has 0 radical (unpaired) electrons. The van der Waals surface area contributed by atoms with Gasteiger partial charge in [0.15, 0.2) is 0 Å². The molecule has 5 heteroatoms. The van der Waals surface area contributed by atoms with E-state index in [1.165, 1.54) is 23.0 Å². The summed E-state index contributed by atoms with van der Waals surface area (Å²) in [6, 6.07) is 4.92. The average molecular weight is 209 g/mol. The van der Waals surface area contributed by atoms with Crippen molar-refractivity contribution in [3.8, 4) is 5.69 Å². The summed E-state index contributed by atoms with van der Waals surface area (Å²) in [6.07, 6.45) is 1.53. The number of nitrogens with zero attached hydrogens (tertiary/aromatic N) is 2. The van der Waals surface area contributed by atoms with E-state index in [2.05, 4.69) is 5.10 Å². The quantitative estimate of drug-likeness (QED) is 0.816. The van der Waals surface area contributed by atoms with Gasteiger partial charge in [0.1, 0.15) is 11.6 Å². The molecule has 0 unspecified atom stereocenters. The summed E-state index contributed by atoms with van der Waals surface area (Å²) in [4.78, 5) is 0. The standard InChI is InChI=1S/C10H9F2N3/c11-7-3-8(12)5-10(4-7)15-9(6-13)1-2-14-15/h1-5H,6,13H2. The molecule has 0 aliphatic heterocycles. The lowest BCUT2D eigenvalue weighted by molar-refractivity contribution is 0.579. The van der Waals surface area contributed by atoms with Crippen molar-refractivity contribution in [1.29, 1.82) is 0 Å². The topological polar surface area (TPSA) is 43.8 Å². The smallest absolute Gasteiger partial charge is 0.128 e. The van der Waals surface area contributed by atoms with Gasteiger partial charge < -0.3 is 5.73 Å². The van der Waals surface area contributed by atoms with Crippen LogP contribution in [0.1, 0.15) is 5.69 Å². The lowest BCUT2D eigenvalue weighted by atomic mass is 10.3. The van der Waals surface area contributed by atoms with E-state index >= 15 is 0 Å². The van der Waals surface area contributed by atoms with Crippen molar-refractivity contribution in [2.75, 3.05) is 0 Å². The van der Waals surface area contributed by atoms with Gasteiger partial charge in [-0.2, -0.15) is 5.10 Å². The Balaban J connectivity index is 2.53. The number of hydrogen-bond acceptors (Lipinski definition) is 2. The number of benzene rings is 1. The second-order valence-electron chi connectivity index (χ2n) is 3.07. The third-order valence-corrected chi connectivity index (χ3v) is 2.02. The van der Waals surface area contributed by atoms with Crippen LogP contribution in [0.25, 0.3) is 5.69 Å². The number of nitrogens with two attached hydrogens (primary N) is 1. The van der Waals surface area contributed by atoms with Gasteiger partial charge in [0.2, 0.25) is 0 Å². The van der Waals surface area contributed by atoms with E-state index in [0.717, 1.165) is 6.07 Å². The van der Waals surface area contributed by atoms with Crippen molar-refractivity contribution in [2.45, 2.75) is 6.54 Å². The van der Waals surface area contributed by atoms with Gasteiger partial charge in [-0.3, -0.25) is 0 Å². The van der Waals surface area contributed by atoms with Crippen LogP contribution in [0.2, 0.25) is 0 Å². The van der Waals surface area contributed by atoms with Crippen LogP contribution in [0, 0.1) is 11.6 Å². The fourth-order valence-electron chi connectivity index (χ4n) is 1.38. The Bertz CT molecular complexity index is 459. The zero-order valence-corrected chi connectivity index (χ0v) is 7.82. The molecule has 1 heterocycles. The van der Waals surface area contributed by atoms with E-state index in [4.69, 9.17) is 5.73 Å². The molecule has 2 aromatic rings. The molecule has 0 fully saturated rings. The fourth-order valence-corrected chi connectivity index (χ4v) is 1.38. The van der Waals surface area contributed by atoms with Crippen molar-refractivity contribution in [3.05, 3.63) is 47.8 Å². The molecule has 0 atom stereocenters. The molecular weight excluding hydrogens is 200 g/mol. The van der Waals surface area contributed by atoms with Gasteiger partial charge in [0, 0.05) is 18.8 Å². The van der Waals surface area contributed by atoms with E-state index in [-0.39, 0.29) is 6.54 Å². The lowest BCUT2D eigenvalue weighted by Crippen LogP contribution is -2.07. The second-order valence-corrected chi connectivity index (χ2v) is 3.07. The van der Waals surface area contributed by atoms with Crippen LogP contribution in [0.5, 0.6) is 0 Å². The molecule has 0 amide bonds. The molecule has 2 rings (SSSR count). The van der Waals surface area contributed by atoms with E-state index in [9.17, 15) is 8.78 Å². The first kappa shape index (κ1) is 9.79. The normalized spacial score (nSPS) is 10.6. The second kappa shape index (κ2) is 3.78. The van der Waals surface area contributed by atoms with E-state index in [1.54, 1.807) is 6.07 Å². The SMILES string of the molecule is NCc1ccnn1-c1cc(F)cc(F)c1. The van der Waals surface area contributed by atoms with Crippen LogP contribution in [0.15, 0.2) is 30.5 Å². The van der Waals surface area contributed by atoms with Crippen molar-refractivity contribution in [2.24, 2.45) is 5.73 Å². The van der Waals surface area contributed by atoms with Gasteiger partial charge in [-0.25, -0.2) is 13.5 Å². The van der Waals surface area contributed by atoms with E-state index in [0.29, 0.717) is 11.4 Å². The lowest BCUT2D eigenvalue weighted by Gasteiger charge is -2.05. The molecule has 0 spiro atoms. The Kier molecular flexibility index (Phi) is 2.47. The third-order valence-electron chi connectivity index (χ3n) is 2.02. The summed E-state index contributed by atoms with van der Waals surface area (Å²) in [7, 11) is 0. The van der Waals surface area contributed by atoms with Gasteiger partial charge in [0.05, 0.1) is 11.4 Å². The molecule has 0 bridgehead atoms. The van der Waals surface area contributed by atoms with Crippen LogP contribution >= 0.6 is 0 Å². The first-order valence-corrected chi connectivity index (χ1v) is 4.40. The zero-order valence-electron chi connectivity index (χ0n) is 7.82. The Labute approximate surface area is 85.1 Å². The van der Waals surface area contributed by atoms with Gasteiger partial charge in [-0.15, -0.1) is 0 Å². The molecule has 15 heavy (non-hydrogen) atoms. The highest BCUT2D eigenvalue weighted by Gasteiger charge is 2.06. The van der Waals surface area contributed by atoms with E-state index in [1.807, 2.05) is 0 Å². The number of hydrogen-bond donors (Lipinski definition) is 1. The molecular formula is C10H9F2N3. The highest BCUT2D eigenvalue weighted by atomic mass is 19.1. The summed E-state index contributed by atoms with van der Waals surface area (Å²) in [5, 5.41) is 3.94. The Morgan fingerprint density at radius 2 is 1.87 bits per heavy atom. The first-order chi connectivity index (χ1) is 7.20. The molecule has 1 aromatic heterocycles. The summed E-state index contributed by atoms with van der Waals surface area (Å²) < 4.78 is 27.3. The molecule has 2 N–H and O–H groups in total.